The Kier molecular flexibility index (Phi) is 6.00. The maximum atomic E-state index is 13.7. The van der Waals surface area contributed by atoms with Gasteiger partial charge in [0.15, 0.2) is 0 Å². The first-order chi connectivity index (χ1) is 16.9. The van der Waals surface area contributed by atoms with Crippen molar-refractivity contribution in [3.8, 4) is 0 Å². The van der Waals surface area contributed by atoms with Gasteiger partial charge in [-0.2, -0.15) is 0 Å². The molecule has 188 valence electrons. The van der Waals surface area contributed by atoms with E-state index in [1.54, 1.807) is 16.6 Å². The molecule has 3 N–H and O–H groups in total. The number of carbonyl (C=O) groups excluding carboxylic acids is 3. The van der Waals surface area contributed by atoms with Gasteiger partial charge in [0, 0.05) is 20.2 Å². The molecule has 1 aromatic carbocycles. The number of fused-ring (bicyclic) bond motifs is 2. The van der Waals surface area contributed by atoms with E-state index in [0.717, 1.165) is 17.5 Å². The molecule has 2 unspecified atom stereocenters. The lowest BCUT2D eigenvalue weighted by atomic mass is 9.66. The Morgan fingerprint density at radius 1 is 1.20 bits per heavy atom. The fourth-order valence-electron chi connectivity index (χ4n) is 6.38. The lowest BCUT2D eigenvalue weighted by Crippen LogP contribution is -2.55. The third kappa shape index (κ3) is 3.59. The van der Waals surface area contributed by atoms with Gasteiger partial charge in [-0.1, -0.05) is 17.3 Å². The molecular weight excluding hydrogens is 452 g/mol. The number of rotatable bonds is 9. The Balaban J connectivity index is 1.43. The number of nitrogens with one attached hydrogen (secondary N) is 2. The van der Waals surface area contributed by atoms with Crippen LogP contribution in [-0.4, -0.2) is 80.2 Å². The number of carbonyl (C=O) groups is 3. The second-order valence-corrected chi connectivity index (χ2v) is 9.93. The maximum absolute atomic E-state index is 13.7. The number of aliphatic hydroxyl groups excluding tert-OH is 1. The van der Waals surface area contributed by atoms with Crippen LogP contribution in [0.25, 0.3) is 11.0 Å². The first-order valence-corrected chi connectivity index (χ1v) is 12.3. The molecule has 35 heavy (non-hydrogen) atoms. The third-order valence-corrected chi connectivity index (χ3v) is 7.93. The Morgan fingerprint density at radius 2 is 2.00 bits per heavy atom. The van der Waals surface area contributed by atoms with Crippen LogP contribution in [0.4, 0.5) is 0 Å². The molecular formula is C24H32N6O5. The predicted octanol–water partition coefficient (Wildman–Crippen LogP) is 0.178. The number of likely N-dealkylation sites (tertiary alicyclic amines) is 1. The number of hydrogen-bond acceptors (Lipinski definition) is 7. The number of hydrogen-bond donors (Lipinski definition) is 3. The van der Waals surface area contributed by atoms with Gasteiger partial charge in [0.05, 0.1) is 23.0 Å². The van der Waals surface area contributed by atoms with Crippen molar-refractivity contribution in [3.63, 3.8) is 0 Å². The van der Waals surface area contributed by atoms with E-state index in [4.69, 9.17) is 9.84 Å². The minimum atomic E-state index is -1.05. The molecule has 2 bridgehead atoms. The number of nitrogens with zero attached hydrogens (tertiary/aromatic N) is 4. The van der Waals surface area contributed by atoms with Crippen LogP contribution in [-0.2, 0) is 25.8 Å². The second-order valence-electron chi connectivity index (χ2n) is 9.93. The normalized spacial score (nSPS) is 31.2. The van der Waals surface area contributed by atoms with Crippen molar-refractivity contribution in [2.24, 2.45) is 11.8 Å². The van der Waals surface area contributed by atoms with Crippen LogP contribution in [0.5, 0.6) is 0 Å². The molecule has 0 saturated carbocycles. The molecule has 0 aliphatic carbocycles. The van der Waals surface area contributed by atoms with Crippen molar-refractivity contribution in [2.45, 2.75) is 62.9 Å². The summed E-state index contributed by atoms with van der Waals surface area (Å²) in [5, 5.41) is 23.0. The molecule has 1 spiro atoms. The van der Waals surface area contributed by atoms with Crippen molar-refractivity contribution in [1.82, 2.24) is 30.5 Å². The zero-order valence-electron chi connectivity index (χ0n) is 20.1. The van der Waals surface area contributed by atoms with E-state index in [0.29, 0.717) is 32.2 Å². The van der Waals surface area contributed by atoms with Crippen molar-refractivity contribution < 1.29 is 24.2 Å². The summed E-state index contributed by atoms with van der Waals surface area (Å²) in [4.78, 5) is 41.9. The number of para-hydroxylation sites is 1. The Labute approximate surface area is 203 Å². The van der Waals surface area contributed by atoms with Gasteiger partial charge in [-0.3, -0.25) is 14.4 Å². The van der Waals surface area contributed by atoms with Crippen LogP contribution < -0.4 is 10.6 Å². The molecule has 11 heteroatoms. The first-order valence-electron chi connectivity index (χ1n) is 12.3. The molecule has 5 rings (SSSR count). The van der Waals surface area contributed by atoms with E-state index in [9.17, 15) is 14.4 Å². The smallest absolute Gasteiger partial charge is 0.247 e. The lowest BCUT2D eigenvalue weighted by molar-refractivity contribution is -0.146. The standard InChI is InChI=1S/C24H32N6O5/c1-23-10-11-24(35-23)18(17(23)20(32)25-2)22(34)29(12-6-3-7-13-31)19(24)21(33)26-14-30-16-9-5-4-8-15(16)27-28-30/h4-5,8-9,17-19,31H,3,6-7,10-14H2,1-2H3,(H,25,32)(H,26,33)/t17-,18+,19?,23+,24?/m1/s1. The molecule has 4 heterocycles. The van der Waals surface area contributed by atoms with Gasteiger partial charge in [0.2, 0.25) is 17.7 Å². The first kappa shape index (κ1) is 23.7. The van der Waals surface area contributed by atoms with Crippen molar-refractivity contribution >= 4 is 28.8 Å². The summed E-state index contributed by atoms with van der Waals surface area (Å²) in [5.41, 5.74) is -0.322. The number of amides is 3. The fourth-order valence-corrected chi connectivity index (χ4v) is 6.38. The largest absolute Gasteiger partial charge is 0.396 e. The summed E-state index contributed by atoms with van der Waals surface area (Å²) in [6, 6.07) is 6.62. The average molecular weight is 485 g/mol. The number of unbranched alkanes of at least 4 members (excludes halogenated alkanes) is 2. The second kappa shape index (κ2) is 8.87. The van der Waals surface area contributed by atoms with Crippen LogP contribution in [0.3, 0.4) is 0 Å². The monoisotopic (exact) mass is 484 g/mol. The van der Waals surface area contributed by atoms with E-state index in [1.807, 2.05) is 31.2 Å². The Morgan fingerprint density at radius 3 is 2.77 bits per heavy atom. The molecule has 2 aromatic rings. The number of aliphatic hydroxyl groups is 1. The third-order valence-electron chi connectivity index (χ3n) is 7.93. The van der Waals surface area contributed by atoms with Crippen LogP contribution in [0.1, 0.15) is 39.0 Å². The van der Waals surface area contributed by atoms with Crippen LogP contribution in [0, 0.1) is 11.8 Å². The van der Waals surface area contributed by atoms with Crippen LogP contribution in [0.15, 0.2) is 24.3 Å². The molecule has 3 fully saturated rings. The molecule has 0 radical (unpaired) electrons. The quantitative estimate of drug-likeness (QED) is 0.432. The Hall–Kier alpha value is -3.05. The van der Waals surface area contributed by atoms with Crippen molar-refractivity contribution in [2.75, 3.05) is 20.2 Å². The van der Waals surface area contributed by atoms with E-state index in [-0.39, 0.29) is 31.0 Å². The van der Waals surface area contributed by atoms with E-state index in [1.165, 1.54) is 0 Å². The highest BCUT2D eigenvalue weighted by molar-refractivity contribution is 5.99. The molecule has 3 saturated heterocycles. The summed E-state index contributed by atoms with van der Waals surface area (Å²) in [6.45, 7) is 2.41. The molecule has 5 atom stereocenters. The molecule has 3 aliphatic rings. The number of aromatic nitrogens is 3. The summed E-state index contributed by atoms with van der Waals surface area (Å²) in [6.07, 6.45) is 3.14. The van der Waals surface area contributed by atoms with Gasteiger partial charge in [-0.15, -0.1) is 5.10 Å². The highest BCUT2D eigenvalue weighted by Gasteiger charge is 2.77. The van der Waals surface area contributed by atoms with Crippen LogP contribution >= 0.6 is 0 Å². The van der Waals surface area contributed by atoms with E-state index in [2.05, 4.69) is 20.9 Å². The lowest BCUT2D eigenvalue weighted by Gasteiger charge is -2.33. The van der Waals surface area contributed by atoms with Gasteiger partial charge in [-0.25, -0.2) is 4.68 Å². The molecule has 3 amide bonds. The van der Waals surface area contributed by atoms with Crippen LogP contribution in [0.2, 0.25) is 0 Å². The summed E-state index contributed by atoms with van der Waals surface area (Å²) >= 11 is 0. The Bertz CT molecular complexity index is 1150. The minimum Gasteiger partial charge on any atom is -0.396 e. The zero-order valence-corrected chi connectivity index (χ0v) is 20.1. The summed E-state index contributed by atoms with van der Waals surface area (Å²) in [5.74, 6) is -2.13. The topological polar surface area (TPSA) is 139 Å². The molecule has 3 aliphatic heterocycles. The SMILES string of the molecule is CNC(=O)[C@H]1[C@H]2C(=O)N(CCCCCO)C(C(=O)NCn3nnc4ccccc43)C23CC[C@]1(C)O3. The predicted molar refractivity (Wildman–Crippen MR) is 125 cm³/mol. The van der Waals surface area contributed by atoms with Gasteiger partial charge in [0.25, 0.3) is 0 Å². The highest BCUT2D eigenvalue weighted by atomic mass is 16.5. The highest BCUT2D eigenvalue weighted by Crippen LogP contribution is 2.63. The fraction of sp³-hybridized carbons (Fsp3) is 0.625. The molecule has 11 nitrogen and oxygen atoms in total. The van der Waals surface area contributed by atoms with E-state index < -0.39 is 29.1 Å². The average Bonchev–Trinajstić information content (AvgIpc) is 3.56. The molecule has 1 aromatic heterocycles. The van der Waals surface area contributed by atoms with Crippen molar-refractivity contribution in [3.05, 3.63) is 24.3 Å². The maximum Gasteiger partial charge on any atom is 0.247 e. The van der Waals surface area contributed by atoms with Crippen molar-refractivity contribution in [1.29, 1.82) is 0 Å². The van der Waals surface area contributed by atoms with E-state index >= 15 is 0 Å². The summed E-state index contributed by atoms with van der Waals surface area (Å²) in [7, 11) is 1.56. The summed E-state index contributed by atoms with van der Waals surface area (Å²) < 4.78 is 8.12. The van der Waals surface area contributed by atoms with Gasteiger partial charge < -0.3 is 25.4 Å². The number of benzene rings is 1. The minimum absolute atomic E-state index is 0.0799. The number of ether oxygens (including phenoxy) is 1. The van der Waals surface area contributed by atoms with Gasteiger partial charge >= 0.3 is 0 Å². The van der Waals surface area contributed by atoms with Gasteiger partial charge in [0.1, 0.15) is 23.8 Å². The zero-order chi connectivity index (χ0) is 24.8. The van der Waals surface area contributed by atoms with Gasteiger partial charge in [-0.05, 0) is 51.2 Å².